The van der Waals surface area contributed by atoms with Crippen LogP contribution < -0.4 is 10.5 Å². The summed E-state index contributed by atoms with van der Waals surface area (Å²) in [6.07, 6.45) is 0.545. The third kappa shape index (κ3) is 3.08. The molecule has 0 spiro atoms. The fourth-order valence-electron chi connectivity index (χ4n) is 0.947. The SMILES string of the molecule is NC(=O)Oc1cccc(CN=C=O)c1. The number of ether oxygens (including phenoxy) is 1. The van der Waals surface area contributed by atoms with Crippen LogP contribution in [0, 0.1) is 0 Å². The first kappa shape index (κ1) is 9.95. The van der Waals surface area contributed by atoms with Gasteiger partial charge in [0, 0.05) is 0 Å². The maximum Gasteiger partial charge on any atom is 0.409 e. The van der Waals surface area contributed by atoms with E-state index in [-0.39, 0.29) is 6.54 Å². The molecule has 0 aromatic heterocycles. The number of carbonyl (C=O) groups is 1. The molecule has 0 saturated heterocycles. The van der Waals surface area contributed by atoms with E-state index in [4.69, 9.17) is 5.73 Å². The summed E-state index contributed by atoms with van der Waals surface area (Å²) in [5.74, 6) is 0.330. The van der Waals surface area contributed by atoms with Crippen molar-refractivity contribution >= 4 is 12.2 Å². The van der Waals surface area contributed by atoms with E-state index in [1.54, 1.807) is 24.3 Å². The summed E-state index contributed by atoms with van der Waals surface area (Å²) in [5, 5.41) is 0. The summed E-state index contributed by atoms with van der Waals surface area (Å²) in [6.45, 7) is 0.208. The second-order valence-electron chi connectivity index (χ2n) is 2.48. The van der Waals surface area contributed by atoms with Crippen molar-refractivity contribution in [1.82, 2.24) is 0 Å². The maximum absolute atomic E-state index is 10.4. The summed E-state index contributed by atoms with van der Waals surface area (Å²) in [4.78, 5) is 23.6. The fourth-order valence-corrected chi connectivity index (χ4v) is 0.947. The van der Waals surface area contributed by atoms with Gasteiger partial charge in [-0.25, -0.2) is 14.6 Å². The Kier molecular flexibility index (Phi) is 3.41. The van der Waals surface area contributed by atoms with Crippen molar-refractivity contribution in [3.8, 4) is 5.75 Å². The number of rotatable bonds is 3. The highest BCUT2D eigenvalue weighted by Gasteiger charge is 1.99. The minimum atomic E-state index is -0.874. The number of isocyanates is 1. The summed E-state index contributed by atoms with van der Waals surface area (Å²) in [5.41, 5.74) is 5.57. The molecule has 0 bridgehead atoms. The van der Waals surface area contributed by atoms with E-state index in [0.29, 0.717) is 5.75 Å². The highest BCUT2D eigenvalue weighted by molar-refractivity contribution is 5.68. The molecule has 0 aliphatic heterocycles. The Labute approximate surface area is 80.2 Å². The van der Waals surface area contributed by atoms with Crippen molar-refractivity contribution in [1.29, 1.82) is 0 Å². The third-order valence-electron chi connectivity index (χ3n) is 1.44. The molecule has 0 fully saturated rings. The fraction of sp³-hybridized carbons (Fsp3) is 0.111. The molecule has 5 heteroatoms. The zero-order chi connectivity index (χ0) is 10.4. The average Bonchev–Trinajstić information content (AvgIpc) is 2.14. The second-order valence-corrected chi connectivity index (χ2v) is 2.48. The molecule has 0 aliphatic rings. The molecule has 0 atom stereocenters. The second kappa shape index (κ2) is 4.79. The molecule has 5 nitrogen and oxygen atoms in total. The van der Waals surface area contributed by atoms with Crippen molar-refractivity contribution in [3.63, 3.8) is 0 Å². The van der Waals surface area contributed by atoms with Crippen molar-refractivity contribution in [2.75, 3.05) is 0 Å². The number of nitrogens with two attached hydrogens (primary N) is 1. The Bertz CT molecular complexity index is 364. The Morgan fingerprint density at radius 1 is 1.57 bits per heavy atom. The first-order chi connectivity index (χ1) is 6.72. The molecule has 0 unspecified atom stereocenters. The van der Waals surface area contributed by atoms with E-state index in [1.165, 1.54) is 6.08 Å². The van der Waals surface area contributed by atoms with E-state index in [9.17, 15) is 9.59 Å². The molecular formula is C9H8N2O3. The number of amides is 1. The molecule has 0 heterocycles. The van der Waals surface area contributed by atoms with Crippen molar-refractivity contribution in [2.45, 2.75) is 6.54 Å². The van der Waals surface area contributed by atoms with Gasteiger partial charge in [0.15, 0.2) is 0 Å². The van der Waals surface area contributed by atoms with Gasteiger partial charge in [0.05, 0.1) is 6.54 Å². The number of primary amides is 1. The largest absolute Gasteiger partial charge is 0.410 e. The molecule has 72 valence electrons. The normalized spacial score (nSPS) is 8.86. The van der Waals surface area contributed by atoms with Gasteiger partial charge in [-0.3, -0.25) is 0 Å². The predicted molar refractivity (Wildman–Crippen MR) is 48.5 cm³/mol. The lowest BCUT2D eigenvalue weighted by molar-refractivity contribution is 0.211. The van der Waals surface area contributed by atoms with Crippen LogP contribution in [0.15, 0.2) is 29.3 Å². The molecule has 1 aromatic rings. The quantitative estimate of drug-likeness (QED) is 0.572. The van der Waals surface area contributed by atoms with Crippen molar-refractivity contribution < 1.29 is 14.3 Å². The summed E-state index contributed by atoms with van der Waals surface area (Å²) in [7, 11) is 0. The maximum atomic E-state index is 10.4. The number of nitrogens with zero attached hydrogens (tertiary/aromatic N) is 1. The molecule has 0 saturated carbocycles. The van der Waals surface area contributed by atoms with E-state index in [2.05, 4.69) is 9.73 Å². The number of hydrogen-bond acceptors (Lipinski definition) is 4. The van der Waals surface area contributed by atoms with E-state index < -0.39 is 6.09 Å². The molecule has 1 amide bonds. The van der Waals surface area contributed by atoms with Gasteiger partial charge >= 0.3 is 6.09 Å². The van der Waals surface area contributed by atoms with Gasteiger partial charge in [-0.15, -0.1) is 0 Å². The zero-order valence-electron chi connectivity index (χ0n) is 7.27. The predicted octanol–water partition coefficient (Wildman–Crippen LogP) is 0.980. The summed E-state index contributed by atoms with van der Waals surface area (Å²) in [6, 6.07) is 6.58. The van der Waals surface area contributed by atoms with Crippen LogP contribution in [0.2, 0.25) is 0 Å². The molecule has 0 aliphatic carbocycles. The van der Waals surface area contributed by atoms with Crippen LogP contribution in [0.5, 0.6) is 5.75 Å². The minimum absolute atomic E-state index is 0.208. The number of hydrogen-bond donors (Lipinski definition) is 1. The zero-order valence-corrected chi connectivity index (χ0v) is 7.27. The Hall–Kier alpha value is -2.13. The topological polar surface area (TPSA) is 81.8 Å². The van der Waals surface area contributed by atoms with Gasteiger partial charge in [0.25, 0.3) is 0 Å². The Balaban J connectivity index is 2.78. The van der Waals surface area contributed by atoms with Gasteiger partial charge in [-0.2, -0.15) is 0 Å². The monoisotopic (exact) mass is 192 g/mol. The van der Waals surface area contributed by atoms with Crippen molar-refractivity contribution in [2.24, 2.45) is 10.7 Å². The van der Waals surface area contributed by atoms with Gasteiger partial charge < -0.3 is 10.5 Å². The number of benzene rings is 1. The molecular weight excluding hydrogens is 184 g/mol. The van der Waals surface area contributed by atoms with Gasteiger partial charge in [-0.05, 0) is 17.7 Å². The average molecular weight is 192 g/mol. The third-order valence-corrected chi connectivity index (χ3v) is 1.44. The first-order valence-corrected chi connectivity index (χ1v) is 3.82. The van der Waals surface area contributed by atoms with Crippen LogP contribution in [0.4, 0.5) is 4.79 Å². The van der Waals surface area contributed by atoms with E-state index in [1.807, 2.05) is 0 Å². The van der Waals surface area contributed by atoms with Crippen LogP contribution in [-0.4, -0.2) is 12.2 Å². The molecule has 1 aromatic carbocycles. The Morgan fingerprint density at radius 3 is 3.00 bits per heavy atom. The minimum Gasteiger partial charge on any atom is -0.410 e. The van der Waals surface area contributed by atoms with E-state index >= 15 is 0 Å². The van der Waals surface area contributed by atoms with Crippen LogP contribution >= 0.6 is 0 Å². The van der Waals surface area contributed by atoms with Gasteiger partial charge in [0.2, 0.25) is 6.08 Å². The van der Waals surface area contributed by atoms with Crippen LogP contribution in [0.1, 0.15) is 5.56 Å². The van der Waals surface area contributed by atoms with Crippen LogP contribution in [0.3, 0.4) is 0 Å². The lowest BCUT2D eigenvalue weighted by atomic mass is 10.2. The van der Waals surface area contributed by atoms with Gasteiger partial charge in [0.1, 0.15) is 5.75 Å². The highest BCUT2D eigenvalue weighted by Crippen LogP contribution is 2.13. The first-order valence-electron chi connectivity index (χ1n) is 3.82. The van der Waals surface area contributed by atoms with Gasteiger partial charge in [-0.1, -0.05) is 12.1 Å². The highest BCUT2D eigenvalue weighted by atomic mass is 16.5. The van der Waals surface area contributed by atoms with Crippen LogP contribution in [-0.2, 0) is 11.3 Å². The van der Waals surface area contributed by atoms with Crippen molar-refractivity contribution in [3.05, 3.63) is 29.8 Å². The lowest BCUT2D eigenvalue weighted by Gasteiger charge is -2.01. The summed E-state index contributed by atoms with van der Waals surface area (Å²) >= 11 is 0. The molecule has 1 rings (SSSR count). The molecule has 14 heavy (non-hydrogen) atoms. The standard InChI is InChI=1S/C9H8N2O3/c10-9(13)14-8-3-1-2-7(4-8)5-11-6-12/h1-4H,5H2,(H2,10,13). The summed E-state index contributed by atoms with van der Waals surface area (Å²) < 4.78 is 4.63. The van der Waals surface area contributed by atoms with Crippen LogP contribution in [0.25, 0.3) is 0 Å². The molecule has 0 radical (unpaired) electrons. The lowest BCUT2D eigenvalue weighted by Crippen LogP contribution is -2.16. The molecule has 2 N–H and O–H groups in total. The number of aliphatic imine (C=N–C) groups is 1. The smallest absolute Gasteiger partial charge is 0.409 e. The Morgan fingerprint density at radius 2 is 2.36 bits per heavy atom. The number of carbonyl (C=O) groups excluding carboxylic acids is 2. The van der Waals surface area contributed by atoms with E-state index in [0.717, 1.165) is 5.56 Å².